The molecule has 1 rings (SSSR count). The van der Waals surface area contributed by atoms with E-state index in [0.29, 0.717) is 24.0 Å². The van der Waals surface area contributed by atoms with Gasteiger partial charge in [-0.05, 0) is 43.5 Å². The van der Waals surface area contributed by atoms with Gasteiger partial charge < -0.3 is 14.8 Å². The highest BCUT2D eigenvalue weighted by atomic mass is 16.5. The van der Waals surface area contributed by atoms with Crippen molar-refractivity contribution in [3.63, 3.8) is 0 Å². The first kappa shape index (κ1) is 17.1. The number of benzene rings is 1. The lowest BCUT2D eigenvalue weighted by atomic mass is 10.1. The molecule has 1 aromatic carbocycles. The maximum Gasteiger partial charge on any atom is 0.244 e. The molecule has 4 nitrogen and oxygen atoms in total. The molecule has 0 fully saturated rings. The molecule has 0 heterocycles. The first-order chi connectivity index (χ1) is 9.97. The van der Waals surface area contributed by atoms with Gasteiger partial charge in [-0.15, -0.1) is 0 Å². The van der Waals surface area contributed by atoms with Gasteiger partial charge in [-0.1, -0.05) is 19.9 Å². The predicted octanol–water partition coefficient (Wildman–Crippen LogP) is 3.27. The zero-order chi connectivity index (χ0) is 15.8. The van der Waals surface area contributed by atoms with Crippen molar-refractivity contribution in [2.45, 2.75) is 33.7 Å². The third-order valence-electron chi connectivity index (χ3n) is 3.28. The van der Waals surface area contributed by atoms with Gasteiger partial charge in [0.1, 0.15) is 0 Å². The minimum atomic E-state index is -0.0935. The van der Waals surface area contributed by atoms with Crippen LogP contribution >= 0.6 is 0 Å². The van der Waals surface area contributed by atoms with Gasteiger partial charge >= 0.3 is 0 Å². The fraction of sp³-hybridized carbons (Fsp3) is 0.471. The standard InChI is InChI=1S/C17H25NO3/c1-6-21-15-9-7-14(11-16(15)20-5)8-10-17(19)18-13(4)12(2)3/h7-13H,6H2,1-5H3,(H,18,19). The molecule has 4 heteroatoms. The van der Waals surface area contributed by atoms with Crippen LogP contribution in [0.2, 0.25) is 0 Å². The van der Waals surface area contributed by atoms with Gasteiger partial charge in [0.15, 0.2) is 11.5 Å². The zero-order valence-corrected chi connectivity index (χ0v) is 13.5. The van der Waals surface area contributed by atoms with Crippen molar-refractivity contribution in [1.29, 1.82) is 0 Å². The first-order valence-corrected chi connectivity index (χ1v) is 7.27. The SMILES string of the molecule is CCOc1ccc(C=CC(=O)NC(C)C(C)C)cc1OC. The summed E-state index contributed by atoms with van der Waals surface area (Å²) in [5, 5.41) is 2.93. The van der Waals surface area contributed by atoms with Crippen molar-refractivity contribution in [2.24, 2.45) is 5.92 Å². The maximum atomic E-state index is 11.8. The number of hydrogen-bond donors (Lipinski definition) is 1. The van der Waals surface area contributed by atoms with E-state index in [0.717, 1.165) is 5.56 Å². The predicted molar refractivity (Wildman–Crippen MR) is 85.6 cm³/mol. The van der Waals surface area contributed by atoms with Crippen molar-refractivity contribution < 1.29 is 14.3 Å². The molecule has 1 unspecified atom stereocenters. The fourth-order valence-electron chi connectivity index (χ4n) is 1.67. The van der Waals surface area contributed by atoms with Crippen LogP contribution in [-0.2, 0) is 4.79 Å². The van der Waals surface area contributed by atoms with Crippen LogP contribution in [0.5, 0.6) is 11.5 Å². The molecule has 0 saturated heterocycles. The van der Waals surface area contributed by atoms with Crippen molar-refractivity contribution in [2.75, 3.05) is 13.7 Å². The molecule has 1 N–H and O–H groups in total. The monoisotopic (exact) mass is 291 g/mol. The van der Waals surface area contributed by atoms with E-state index in [4.69, 9.17) is 9.47 Å². The third kappa shape index (κ3) is 5.50. The van der Waals surface area contributed by atoms with Crippen molar-refractivity contribution in [3.05, 3.63) is 29.8 Å². The number of nitrogens with one attached hydrogen (secondary N) is 1. The highest BCUT2D eigenvalue weighted by Gasteiger charge is 2.08. The van der Waals surface area contributed by atoms with E-state index in [1.165, 1.54) is 6.08 Å². The molecule has 0 aromatic heterocycles. The topological polar surface area (TPSA) is 47.6 Å². The molecule has 1 aromatic rings. The first-order valence-electron chi connectivity index (χ1n) is 7.27. The molecule has 116 valence electrons. The van der Waals surface area contributed by atoms with E-state index >= 15 is 0 Å². The lowest BCUT2D eigenvalue weighted by molar-refractivity contribution is -0.117. The molecule has 0 radical (unpaired) electrons. The lowest BCUT2D eigenvalue weighted by Crippen LogP contribution is -2.34. The van der Waals surface area contributed by atoms with Gasteiger partial charge in [0.25, 0.3) is 0 Å². The minimum absolute atomic E-state index is 0.0935. The molecule has 0 aliphatic carbocycles. The summed E-state index contributed by atoms with van der Waals surface area (Å²) in [4.78, 5) is 11.8. The Balaban J connectivity index is 2.74. The van der Waals surface area contributed by atoms with Crippen LogP contribution in [0, 0.1) is 5.92 Å². The second kappa shape index (κ2) is 8.35. The number of ether oxygens (including phenoxy) is 2. The van der Waals surface area contributed by atoms with Gasteiger partial charge in [-0.3, -0.25) is 4.79 Å². The number of amides is 1. The second-order valence-corrected chi connectivity index (χ2v) is 5.22. The molecule has 0 aliphatic rings. The van der Waals surface area contributed by atoms with Crippen LogP contribution in [0.1, 0.15) is 33.3 Å². The average Bonchev–Trinajstić information content (AvgIpc) is 2.46. The molecular formula is C17H25NO3. The van der Waals surface area contributed by atoms with E-state index in [-0.39, 0.29) is 11.9 Å². The summed E-state index contributed by atoms with van der Waals surface area (Å²) in [6.45, 7) is 8.66. The molecule has 0 aliphatic heterocycles. The summed E-state index contributed by atoms with van der Waals surface area (Å²) >= 11 is 0. The number of rotatable bonds is 7. The van der Waals surface area contributed by atoms with Crippen molar-refractivity contribution in [1.82, 2.24) is 5.32 Å². The van der Waals surface area contributed by atoms with Crippen LogP contribution < -0.4 is 14.8 Å². The fourth-order valence-corrected chi connectivity index (χ4v) is 1.67. The van der Waals surface area contributed by atoms with Gasteiger partial charge in [-0.25, -0.2) is 0 Å². The molecule has 1 amide bonds. The van der Waals surface area contributed by atoms with Crippen LogP contribution in [0.15, 0.2) is 24.3 Å². The quantitative estimate of drug-likeness (QED) is 0.784. The number of hydrogen-bond acceptors (Lipinski definition) is 3. The van der Waals surface area contributed by atoms with Crippen LogP contribution in [0.25, 0.3) is 6.08 Å². The Morgan fingerprint density at radius 2 is 2.00 bits per heavy atom. The number of methoxy groups -OCH3 is 1. The normalized spacial score (nSPS) is 12.5. The largest absolute Gasteiger partial charge is 0.493 e. The highest BCUT2D eigenvalue weighted by molar-refractivity contribution is 5.92. The van der Waals surface area contributed by atoms with Crippen LogP contribution in [0.4, 0.5) is 0 Å². The van der Waals surface area contributed by atoms with E-state index in [1.807, 2.05) is 32.0 Å². The lowest BCUT2D eigenvalue weighted by Gasteiger charge is -2.15. The van der Waals surface area contributed by atoms with Crippen LogP contribution in [-0.4, -0.2) is 25.7 Å². The summed E-state index contributed by atoms with van der Waals surface area (Å²) in [6.07, 6.45) is 3.30. The Hall–Kier alpha value is -1.97. The molecule has 1 atom stereocenters. The summed E-state index contributed by atoms with van der Waals surface area (Å²) in [6, 6.07) is 5.73. The van der Waals surface area contributed by atoms with E-state index in [9.17, 15) is 4.79 Å². The molecular weight excluding hydrogens is 266 g/mol. The second-order valence-electron chi connectivity index (χ2n) is 5.22. The summed E-state index contributed by atoms with van der Waals surface area (Å²) < 4.78 is 10.7. The van der Waals surface area contributed by atoms with Crippen molar-refractivity contribution >= 4 is 12.0 Å². The average molecular weight is 291 g/mol. The molecule has 0 bridgehead atoms. The van der Waals surface area contributed by atoms with Gasteiger partial charge in [-0.2, -0.15) is 0 Å². The van der Waals surface area contributed by atoms with Gasteiger partial charge in [0, 0.05) is 12.1 Å². The van der Waals surface area contributed by atoms with Crippen molar-refractivity contribution in [3.8, 4) is 11.5 Å². The zero-order valence-electron chi connectivity index (χ0n) is 13.5. The van der Waals surface area contributed by atoms with Gasteiger partial charge in [0.05, 0.1) is 13.7 Å². The number of carbonyl (C=O) groups is 1. The Kier molecular flexibility index (Phi) is 6.79. The number of carbonyl (C=O) groups excluding carboxylic acids is 1. The Bertz CT molecular complexity index is 495. The molecule has 21 heavy (non-hydrogen) atoms. The third-order valence-corrected chi connectivity index (χ3v) is 3.28. The van der Waals surface area contributed by atoms with E-state index < -0.39 is 0 Å². The summed E-state index contributed by atoms with van der Waals surface area (Å²) in [5.74, 6) is 1.68. The highest BCUT2D eigenvalue weighted by Crippen LogP contribution is 2.28. The van der Waals surface area contributed by atoms with E-state index in [2.05, 4.69) is 19.2 Å². The smallest absolute Gasteiger partial charge is 0.244 e. The molecule has 0 saturated carbocycles. The Labute approximate surface area is 127 Å². The summed E-state index contributed by atoms with van der Waals surface area (Å²) in [5.41, 5.74) is 0.891. The molecule has 0 spiro atoms. The van der Waals surface area contributed by atoms with E-state index in [1.54, 1.807) is 13.2 Å². The Morgan fingerprint density at radius 3 is 2.57 bits per heavy atom. The summed E-state index contributed by atoms with van der Waals surface area (Å²) in [7, 11) is 1.60. The maximum absolute atomic E-state index is 11.8. The Morgan fingerprint density at radius 1 is 1.29 bits per heavy atom. The van der Waals surface area contributed by atoms with Gasteiger partial charge in [0.2, 0.25) is 5.91 Å². The minimum Gasteiger partial charge on any atom is -0.493 e. The van der Waals surface area contributed by atoms with Crippen LogP contribution in [0.3, 0.4) is 0 Å².